The van der Waals surface area contributed by atoms with Gasteiger partial charge in [0.05, 0.1) is 16.0 Å². The standard InChI is InChI=1S/C22H23F3N2O5S/c1-15-8-9-18(13-19(15)33(30,31)27-10-3-2-4-11-27)26-20(28)14-32-21(29)16-6-5-7-17(12-16)22(23,24)25/h5-9,12-13H,2-4,10-11,14H2,1H3,(H,26,28). The van der Waals surface area contributed by atoms with Crippen molar-refractivity contribution in [3.63, 3.8) is 0 Å². The van der Waals surface area contributed by atoms with E-state index in [1.165, 1.54) is 16.4 Å². The lowest BCUT2D eigenvalue weighted by Gasteiger charge is -2.26. The summed E-state index contributed by atoms with van der Waals surface area (Å²) in [5, 5.41) is 2.45. The Balaban J connectivity index is 1.65. The minimum Gasteiger partial charge on any atom is -0.452 e. The molecule has 1 heterocycles. The Kier molecular flexibility index (Phi) is 7.43. The molecule has 0 bridgehead atoms. The van der Waals surface area contributed by atoms with E-state index in [0.29, 0.717) is 24.7 Å². The van der Waals surface area contributed by atoms with Crippen LogP contribution in [0.5, 0.6) is 0 Å². The number of sulfonamides is 1. The first-order valence-electron chi connectivity index (χ1n) is 10.2. The van der Waals surface area contributed by atoms with Crippen LogP contribution in [0.15, 0.2) is 47.4 Å². The van der Waals surface area contributed by atoms with E-state index in [9.17, 15) is 31.2 Å². The number of esters is 1. The van der Waals surface area contributed by atoms with Gasteiger partial charge in [0.15, 0.2) is 6.61 Å². The molecule has 1 aliphatic rings. The van der Waals surface area contributed by atoms with Gasteiger partial charge in [0, 0.05) is 18.8 Å². The first-order chi connectivity index (χ1) is 15.5. The van der Waals surface area contributed by atoms with Gasteiger partial charge in [-0.1, -0.05) is 18.6 Å². The summed E-state index contributed by atoms with van der Waals surface area (Å²) in [6, 6.07) is 8.07. The van der Waals surface area contributed by atoms with Gasteiger partial charge in [-0.05, 0) is 55.7 Å². The average molecular weight is 484 g/mol. The van der Waals surface area contributed by atoms with Crippen molar-refractivity contribution >= 4 is 27.6 Å². The number of ether oxygens (including phenoxy) is 1. The lowest BCUT2D eigenvalue weighted by atomic mass is 10.1. The predicted octanol–water partition coefficient (Wildman–Crippen LogP) is 3.98. The number of hydrogen-bond acceptors (Lipinski definition) is 5. The van der Waals surface area contributed by atoms with Crippen molar-refractivity contribution in [3.8, 4) is 0 Å². The molecule has 3 rings (SSSR count). The number of nitrogens with zero attached hydrogens (tertiary/aromatic N) is 1. The van der Waals surface area contributed by atoms with Gasteiger partial charge in [-0.25, -0.2) is 13.2 Å². The highest BCUT2D eigenvalue weighted by molar-refractivity contribution is 7.89. The zero-order valence-electron chi connectivity index (χ0n) is 17.8. The molecule has 0 aliphatic carbocycles. The average Bonchev–Trinajstić information content (AvgIpc) is 2.78. The van der Waals surface area contributed by atoms with Gasteiger partial charge in [-0.3, -0.25) is 4.79 Å². The van der Waals surface area contributed by atoms with Crippen molar-refractivity contribution in [1.82, 2.24) is 4.31 Å². The summed E-state index contributed by atoms with van der Waals surface area (Å²) in [5.74, 6) is -1.85. The molecule has 1 fully saturated rings. The number of anilines is 1. The molecule has 33 heavy (non-hydrogen) atoms. The molecule has 0 aromatic heterocycles. The van der Waals surface area contributed by atoms with Gasteiger partial charge < -0.3 is 10.1 Å². The van der Waals surface area contributed by atoms with Crippen molar-refractivity contribution in [2.45, 2.75) is 37.3 Å². The van der Waals surface area contributed by atoms with Crippen LogP contribution in [0.3, 0.4) is 0 Å². The number of rotatable bonds is 6. The first kappa shape index (κ1) is 24.7. The van der Waals surface area contributed by atoms with Crippen LogP contribution in [0.2, 0.25) is 0 Å². The number of alkyl halides is 3. The molecule has 1 N–H and O–H groups in total. The van der Waals surface area contributed by atoms with Crippen LogP contribution in [0, 0.1) is 6.92 Å². The summed E-state index contributed by atoms with van der Waals surface area (Å²) in [6.45, 7) is 1.77. The number of amides is 1. The quantitative estimate of drug-likeness (QED) is 0.626. The number of aryl methyl sites for hydroxylation is 1. The van der Waals surface area contributed by atoms with Crippen molar-refractivity contribution in [2.75, 3.05) is 25.0 Å². The number of carbonyl (C=O) groups is 2. The van der Waals surface area contributed by atoms with E-state index in [4.69, 9.17) is 4.74 Å². The zero-order valence-corrected chi connectivity index (χ0v) is 18.6. The Morgan fingerprint density at radius 1 is 1.06 bits per heavy atom. The predicted molar refractivity (Wildman–Crippen MR) is 114 cm³/mol. The molecule has 0 atom stereocenters. The molecule has 178 valence electrons. The van der Waals surface area contributed by atoms with Crippen molar-refractivity contribution < 1.29 is 35.9 Å². The van der Waals surface area contributed by atoms with Gasteiger partial charge in [0.25, 0.3) is 5.91 Å². The molecule has 0 radical (unpaired) electrons. The Hall–Kier alpha value is -2.92. The second-order valence-electron chi connectivity index (χ2n) is 7.65. The molecule has 0 spiro atoms. The summed E-state index contributed by atoms with van der Waals surface area (Å²) < 4.78 is 70.5. The second kappa shape index (κ2) is 9.92. The van der Waals surface area contributed by atoms with Gasteiger partial charge in [-0.2, -0.15) is 17.5 Å². The summed E-state index contributed by atoms with van der Waals surface area (Å²) in [7, 11) is -3.72. The van der Waals surface area contributed by atoms with Crippen molar-refractivity contribution in [2.24, 2.45) is 0 Å². The summed E-state index contributed by atoms with van der Waals surface area (Å²) in [4.78, 5) is 24.3. The maximum Gasteiger partial charge on any atom is 0.416 e. The van der Waals surface area contributed by atoms with Crippen LogP contribution in [0.25, 0.3) is 0 Å². The third kappa shape index (κ3) is 6.11. The highest BCUT2D eigenvalue weighted by Gasteiger charge is 2.31. The molecular weight excluding hydrogens is 461 g/mol. The summed E-state index contributed by atoms with van der Waals surface area (Å²) >= 11 is 0. The van der Waals surface area contributed by atoms with Crippen LogP contribution in [0.4, 0.5) is 18.9 Å². The topological polar surface area (TPSA) is 92.8 Å². The largest absolute Gasteiger partial charge is 0.452 e. The molecule has 2 aromatic rings. The number of hydrogen-bond donors (Lipinski definition) is 1. The normalized spacial score (nSPS) is 15.2. The monoisotopic (exact) mass is 484 g/mol. The molecular formula is C22H23F3N2O5S. The van der Waals surface area contributed by atoms with E-state index in [1.807, 2.05) is 0 Å². The third-order valence-electron chi connectivity index (χ3n) is 5.16. The van der Waals surface area contributed by atoms with Crippen molar-refractivity contribution in [1.29, 1.82) is 0 Å². The van der Waals surface area contributed by atoms with E-state index in [0.717, 1.165) is 37.5 Å². The summed E-state index contributed by atoms with van der Waals surface area (Å²) in [6.07, 6.45) is -2.08. The number of nitrogens with one attached hydrogen (secondary N) is 1. The Morgan fingerprint density at radius 3 is 2.42 bits per heavy atom. The molecule has 1 saturated heterocycles. The maximum absolute atomic E-state index is 13.0. The van der Waals surface area contributed by atoms with Crippen molar-refractivity contribution in [3.05, 3.63) is 59.2 Å². The molecule has 7 nitrogen and oxygen atoms in total. The number of benzene rings is 2. The number of halogens is 3. The Labute approximate surface area is 189 Å². The highest BCUT2D eigenvalue weighted by Crippen LogP contribution is 2.30. The smallest absolute Gasteiger partial charge is 0.416 e. The molecule has 0 unspecified atom stereocenters. The summed E-state index contributed by atoms with van der Waals surface area (Å²) in [5.41, 5.74) is -0.641. The minimum atomic E-state index is -4.62. The van der Waals surface area contributed by atoms with E-state index in [1.54, 1.807) is 13.0 Å². The van der Waals surface area contributed by atoms with Crippen LogP contribution in [-0.4, -0.2) is 44.3 Å². The fourth-order valence-electron chi connectivity index (χ4n) is 3.43. The molecule has 2 aromatic carbocycles. The lowest BCUT2D eigenvalue weighted by molar-refractivity contribution is -0.137. The van der Waals surface area contributed by atoms with Crippen LogP contribution in [0.1, 0.15) is 40.7 Å². The Bertz CT molecular complexity index is 1140. The first-order valence-corrected chi connectivity index (χ1v) is 11.7. The van der Waals surface area contributed by atoms with Gasteiger partial charge in [0.2, 0.25) is 10.0 Å². The molecule has 0 saturated carbocycles. The maximum atomic E-state index is 13.0. The fourth-order valence-corrected chi connectivity index (χ4v) is 5.20. The van der Waals surface area contributed by atoms with E-state index in [2.05, 4.69) is 5.32 Å². The van der Waals surface area contributed by atoms with Gasteiger partial charge in [-0.15, -0.1) is 0 Å². The van der Waals surface area contributed by atoms with E-state index < -0.39 is 40.2 Å². The Morgan fingerprint density at radius 2 is 1.76 bits per heavy atom. The van der Waals surface area contributed by atoms with Gasteiger partial charge >= 0.3 is 12.1 Å². The number of carbonyl (C=O) groups excluding carboxylic acids is 2. The fraction of sp³-hybridized carbons (Fsp3) is 0.364. The van der Waals surface area contributed by atoms with E-state index in [-0.39, 0.29) is 16.1 Å². The van der Waals surface area contributed by atoms with Crippen LogP contribution in [-0.2, 0) is 25.7 Å². The molecule has 11 heteroatoms. The van der Waals surface area contributed by atoms with Crippen LogP contribution < -0.4 is 5.32 Å². The van der Waals surface area contributed by atoms with E-state index >= 15 is 0 Å². The zero-order chi connectivity index (χ0) is 24.2. The minimum absolute atomic E-state index is 0.0724. The molecule has 1 amide bonds. The van der Waals surface area contributed by atoms with Gasteiger partial charge in [0.1, 0.15) is 0 Å². The second-order valence-corrected chi connectivity index (χ2v) is 9.55. The number of piperidine rings is 1. The lowest BCUT2D eigenvalue weighted by Crippen LogP contribution is -2.36. The SMILES string of the molecule is Cc1ccc(NC(=O)COC(=O)c2cccc(C(F)(F)F)c2)cc1S(=O)(=O)N1CCCCC1. The van der Waals surface area contributed by atoms with Crippen LogP contribution >= 0.6 is 0 Å². The third-order valence-corrected chi connectivity index (χ3v) is 7.21. The highest BCUT2D eigenvalue weighted by atomic mass is 32.2. The molecule has 1 aliphatic heterocycles.